The molecule has 0 bridgehead atoms. The van der Waals surface area contributed by atoms with Crippen molar-refractivity contribution in [3.05, 3.63) is 72.3 Å². The highest BCUT2D eigenvalue weighted by atomic mass is 32.2. The van der Waals surface area contributed by atoms with E-state index in [0.29, 0.717) is 31.0 Å². The molecule has 4 rings (SSSR count). The predicted octanol–water partition coefficient (Wildman–Crippen LogP) is 5.06. The van der Waals surface area contributed by atoms with Gasteiger partial charge in [0.15, 0.2) is 11.5 Å². The molecule has 0 saturated heterocycles. The molecule has 1 N–H and O–H groups in total. The fraction of sp³-hybridized carbons (Fsp3) is 0.240. The van der Waals surface area contributed by atoms with Crippen molar-refractivity contribution >= 4 is 29.0 Å². The summed E-state index contributed by atoms with van der Waals surface area (Å²) >= 11 is 1.78. The molecule has 1 amide bonds. The zero-order valence-corrected chi connectivity index (χ0v) is 18.6. The Balaban J connectivity index is 1.34. The number of carbonyl (C=O) groups is 1. The zero-order valence-electron chi connectivity index (χ0n) is 17.8. The van der Waals surface area contributed by atoms with Crippen LogP contribution in [0.25, 0.3) is 0 Å². The van der Waals surface area contributed by atoms with Crippen LogP contribution < -0.4 is 19.7 Å². The Labute approximate surface area is 187 Å². The monoisotopic (exact) mass is 434 g/mol. The molecule has 6 heteroatoms. The molecule has 1 aliphatic heterocycles. The molecule has 31 heavy (non-hydrogen) atoms. The van der Waals surface area contributed by atoms with Gasteiger partial charge >= 0.3 is 0 Å². The van der Waals surface area contributed by atoms with Crippen molar-refractivity contribution in [1.82, 2.24) is 5.32 Å². The van der Waals surface area contributed by atoms with Crippen LogP contribution in [0.1, 0.15) is 12.0 Å². The number of nitrogens with zero attached hydrogens (tertiary/aromatic N) is 1. The Morgan fingerprint density at radius 1 is 0.903 bits per heavy atom. The lowest BCUT2D eigenvalue weighted by Crippen LogP contribution is -2.30. The van der Waals surface area contributed by atoms with Gasteiger partial charge in [-0.2, -0.15) is 0 Å². The van der Waals surface area contributed by atoms with Crippen LogP contribution in [0, 0.1) is 0 Å². The average Bonchev–Trinajstić information content (AvgIpc) is 2.81. The van der Waals surface area contributed by atoms with E-state index in [2.05, 4.69) is 46.6 Å². The second-order valence-electron chi connectivity index (χ2n) is 7.23. The van der Waals surface area contributed by atoms with E-state index in [1.165, 1.54) is 9.79 Å². The van der Waals surface area contributed by atoms with Crippen LogP contribution in [-0.4, -0.2) is 33.2 Å². The second-order valence-corrected chi connectivity index (χ2v) is 8.31. The van der Waals surface area contributed by atoms with Crippen LogP contribution >= 0.6 is 11.8 Å². The maximum atomic E-state index is 12.5. The van der Waals surface area contributed by atoms with E-state index >= 15 is 0 Å². The summed E-state index contributed by atoms with van der Waals surface area (Å²) in [7, 11) is 3.24. The number of para-hydroxylation sites is 2. The van der Waals surface area contributed by atoms with E-state index in [1.807, 2.05) is 30.3 Å². The van der Waals surface area contributed by atoms with Crippen LogP contribution in [-0.2, 0) is 11.2 Å². The number of rotatable bonds is 8. The highest BCUT2D eigenvalue weighted by Crippen LogP contribution is 2.47. The summed E-state index contributed by atoms with van der Waals surface area (Å²) < 4.78 is 10.6. The lowest BCUT2D eigenvalue weighted by atomic mass is 10.1. The molecule has 0 atom stereocenters. The Morgan fingerprint density at radius 2 is 1.55 bits per heavy atom. The summed E-state index contributed by atoms with van der Waals surface area (Å²) in [6.45, 7) is 1.22. The number of methoxy groups -OCH3 is 2. The van der Waals surface area contributed by atoms with Gasteiger partial charge in [-0.05, 0) is 48.4 Å². The third-order valence-corrected chi connectivity index (χ3v) is 6.41. The summed E-state index contributed by atoms with van der Waals surface area (Å²) in [5.74, 6) is 1.45. The Hall–Kier alpha value is -3.12. The first-order valence-corrected chi connectivity index (χ1v) is 11.1. The number of amides is 1. The molecule has 0 aliphatic carbocycles. The minimum absolute atomic E-state index is 0.0497. The summed E-state index contributed by atoms with van der Waals surface area (Å²) in [5, 5.41) is 3.04. The Kier molecular flexibility index (Phi) is 6.67. The normalized spacial score (nSPS) is 12.0. The number of benzene rings is 3. The number of anilines is 2. The van der Waals surface area contributed by atoms with E-state index in [9.17, 15) is 4.79 Å². The van der Waals surface area contributed by atoms with E-state index in [1.54, 1.807) is 26.0 Å². The number of hydrogen-bond acceptors (Lipinski definition) is 5. The van der Waals surface area contributed by atoms with Crippen molar-refractivity contribution in [2.24, 2.45) is 0 Å². The minimum atomic E-state index is 0.0497. The number of nitrogens with one attached hydrogen (secondary N) is 1. The minimum Gasteiger partial charge on any atom is -0.493 e. The van der Waals surface area contributed by atoms with Crippen molar-refractivity contribution < 1.29 is 14.3 Å². The van der Waals surface area contributed by atoms with Gasteiger partial charge in [-0.15, -0.1) is 0 Å². The van der Waals surface area contributed by atoms with Crippen LogP contribution in [0.2, 0.25) is 0 Å². The topological polar surface area (TPSA) is 50.8 Å². The maximum Gasteiger partial charge on any atom is 0.221 e. The predicted molar refractivity (Wildman–Crippen MR) is 125 cm³/mol. The summed E-state index contributed by atoms with van der Waals surface area (Å²) in [6.07, 6.45) is 1.16. The highest BCUT2D eigenvalue weighted by Gasteiger charge is 2.23. The number of hydrogen-bond donors (Lipinski definition) is 1. The summed E-state index contributed by atoms with van der Waals surface area (Å²) in [4.78, 5) is 17.2. The molecular weight excluding hydrogens is 408 g/mol. The fourth-order valence-corrected chi connectivity index (χ4v) is 4.80. The third-order valence-electron chi connectivity index (χ3n) is 5.28. The summed E-state index contributed by atoms with van der Waals surface area (Å²) in [5.41, 5.74) is 3.41. The van der Waals surface area contributed by atoms with Gasteiger partial charge in [0.05, 0.1) is 25.6 Å². The lowest BCUT2D eigenvalue weighted by Gasteiger charge is -2.32. The van der Waals surface area contributed by atoms with Crippen molar-refractivity contribution in [2.75, 3.05) is 32.2 Å². The van der Waals surface area contributed by atoms with Crippen LogP contribution in [0.15, 0.2) is 76.5 Å². The van der Waals surface area contributed by atoms with Crippen LogP contribution in [0.3, 0.4) is 0 Å². The smallest absolute Gasteiger partial charge is 0.221 e. The SMILES string of the molecule is COc1ccc(CCNC(=O)CCN2c3ccccc3Sc3ccccc32)cc1OC. The molecule has 0 unspecified atom stereocenters. The number of ether oxygens (including phenoxy) is 2. The molecule has 0 aromatic heterocycles. The van der Waals surface area contributed by atoms with E-state index in [-0.39, 0.29) is 5.91 Å². The largest absolute Gasteiger partial charge is 0.493 e. The van der Waals surface area contributed by atoms with E-state index < -0.39 is 0 Å². The first-order valence-electron chi connectivity index (χ1n) is 10.3. The van der Waals surface area contributed by atoms with Crippen molar-refractivity contribution in [2.45, 2.75) is 22.6 Å². The molecule has 3 aromatic carbocycles. The molecule has 1 aliphatic rings. The van der Waals surface area contributed by atoms with Crippen LogP contribution in [0.4, 0.5) is 11.4 Å². The number of fused-ring (bicyclic) bond motifs is 2. The Morgan fingerprint density at radius 3 is 2.19 bits per heavy atom. The zero-order chi connectivity index (χ0) is 21.6. The summed E-state index contributed by atoms with van der Waals surface area (Å²) in [6, 6.07) is 22.5. The molecular formula is C25H26N2O3S. The van der Waals surface area contributed by atoms with E-state index in [0.717, 1.165) is 23.4 Å². The quantitative estimate of drug-likeness (QED) is 0.537. The molecule has 3 aromatic rings. The van der Waals surface area contributed by atoms with Gasteiger partial charge in [-0.1, -0.05) is 42.1 Å². The Bertz CT molecular complexity index is 1020. The van der Waals surface area contributed by atoms with Gasteiger partial charge in [0.1, 0.15) is 0 Å². The van der Waals surface area contributed by atoms with Gasteiger partial charge in [0.2, 0.25) is 5.91 Å². The highest BCUT2D eigenvalue weighted by molar-refractivity contribution is 7.99. The van der Waals surface area contributed by atoms with Gasteiger partial charge in [0, 0.05) is 29.3 Å². The maximum absolute atomic E-state index is 12.5. The second kappa shape index (κ2) is 9.79. The van der Waals surface area contributed by atoms with Gasteiger partial charge in [-0.25, -0.2) is 0 Å². The molecule has 0 saturated carbocycles. The molecule has 0 spiro atoms. The standard InChI is InChI=1S/C25H26N2O3S/c1-29-21-12-11-18(17-22(21)30-2)13-15-26-25(28)14-16-27-19-7-3-5-9-23(19)31-24-10-6-4-8-20(24)27/h3-12,17H,13-16H2,1-2H3,(H,26,28). The molecule has 160 valence electrons. The van der Waals surface area contributed by atoms with Gasteiger partial charge in [-0.3, -0.25) is 4.79 Å². The van der Waals surface area contributed by atoms with Gasteiger partial charge in [0.25, 0.3) is 0 Å². The van der Waals surface area contributed by atoms with Crippen molar-refractivity contribution in [3.8, 4) is 11.5 Å². The first kappa shape index (κ1) is 21.1. The first-order chi connectivity index (χ1) is 15.2. The van der Waals surface area contributed by atoms with Crippen LogP contribution in [0.5, 0.6) is 11.5 Å². The van der Waals surface area contributed by atoms with Gasteiger partial charge < -0.3 is 19.7 Å². The lowest BCUT2D eigenvalue weighted by molar-refractivity contribution is -0.120. The molecule has 0 fully saturated rings. The molecule has 0 radical (unpaired) electrons. The fourth-order valence-electron chi connectivity index (χ4n) is 3.71. The molecule has 5 nitrogen and oxygen atoms in total. The third kappa shape index (κ3) is 4.80. The van der Waals surface area contributed by atoms with E-state index in [4.69, 9.17) is 9.47 Å². The van der Waals surface area contributed by atoms with Crippen molar-refractivity contribution in [3.63, 3.8) is 0 Å². The number of carbonyl (C=O) groups excluding carboxylic acids is 1. The molecule has 1 heterocycles. The average molecular weight is 435 g/mol. The van der Waals surface area contributed by atoms with Crippen molar-refractivity contribution in [1.29, 1.82) is 0 Å².